The summed E-state index contributed by atoms with van der Waals surface area (Å²) in [6, 6.07) is 22.1. The van der Waals surface area contributed by atoms with Gasteiger partial charge in [-0.25, -0.2) is 14.4 Å². The maximum atomic E-state index is 13.5. The van der Waals surface area contributed by atoms with Gasteiger partial charge in [-0.1, -0.05) is 30.3 Å². The SMILES string of the molecule is CN(C)c1ccc([C@@H]2[C@@H]3C(=O)N(c4ccc(F)cc4)C(=O)[C@@H]3ON2c2ccccc2)cc1. The molecule has 32 heavy (non-hydrogen) atoms. The van der Waals surface area contributed by atoms with E-state index >= 15 is 0 Å². The number of benzene rings is 3. The van der Waals surface area contributed by atoms with Crippen LogP contribution in [0.2, 0.25) is 0 Å². The average Bonchev–Trinajstić information content (AvgIpc) is 3.31. The van der Waals surface area contributed by atoms with Crippen LogP contribution < -0.4 is 14.9 Å². The third-order valence-electron chi connectivity index (χ3n) is 5.96. The van der Waals surface area contributed by atoms with E-state index in [4.69, 9.17) is 4.84 Å². The Kier molecular flexibility index (Phi) is 4.90. The molecule has 0 aromatic heterocycles. The lowest BCUT2D eigenvalue weighted by molar-refractivity contribution is -0.126. The van der Waals surface area contributed by atoms with Gasteiger partial charge < -0.3 is 4.90 Å². The van der Waals surface area contributed by atoms with E-state index in [9.17, 15) is 14.0 Å². The summed E-state index contributed by atoms with van der Waals surface area (Å²) >= 11 is 0. The Bertz CT molecular complexity index is 1150. The molecule has 0 unspecified atom stereocenters. The predicted octanol–water partition coefficient (Wildman–Crippen LogP) is 3.94. The van der Waals surface area contributed by atoms with E-state index in [0.717, 1.165) is 21.8 Å². The van der Waals surface area contributed by atoms with Crippen LogP contribution >= 0.6 is 0 Å². The Balaban J connectivity index is 1.56. The van der Waals surface area contributed by atoms with Crippen molar-refractivity contribution in [2.75, 3.05) is 29.0 Å². The normalized spacial score (nSPS) is 22.4. The molecule has 2 fully saturated rings. The van der Waals surface area contributed by atoms with Gasteiger partial charge in [-0.3, -0.25) is 14.4 Å². The molecule has 2 aliphatic rings. The summed E-state index contributed by atoms with van der Waals surface area (Å²) in [7, 11) is 3.92. The first-order valence-electron chi connectivity index (χ1n) is 10.4. The van der Waals surface area contributed by atoms with E-state index in [1.54, 1.807) is 5.06 Å². The van der Waals surface area contributed by atoms with Gasteiger partial charge in [-0.2, -0.15) is 0 Å². The molecule has 162 valence electrons. The molecule has 0 radical (unpaired) electrons. The molecule has 2 saturated heterocycles. The van der Waals surface area contributed by atoms with Crippen LogP contribution in [0.15, 0.2) is 78.9 Å². The summed E-state index contributed by atoms with van der Waals surface area (Å²) in [5.74, 6) is -1.96. The number of hydrogen-bond acceptors (Lipinski definition) is 5. The molecule has 2 amide bonds. The minimum absolute atomic E-state index is 0.340. The molecule has 0 bridgehead atoms. The second-order valence-electron chi connectivity index (χ2n) is 8.13. The second kappa shape index (κ2) is 7.76. The first kappa shape index (κ1) is 20.2. The standard InChI is InChI=1S/C25H22FN3O3/c1-27(2)18-12-8-16(9-13-18)22-21-23(32-29(22)20-6-4-3-5-7-20)25(31)28(24(21)30)19-14-10-17(26)11-15-19/h3-15,21-23H,1-2H3/t21-,22+,23+/m0/s1. The van der Waals surface area contributed by atoms with Crippen molar-refractivity contribution in [3.05, 3.63) is 90.2 Å². The van der Waals surface area contributed by atoms with Gasteiger partial charge in [-0.05, 0) is 54.1 Å². The monoisotopic (exact) mass is 431 g/mol. The molecule has 0 saturated carbocycles. The number of fused-ring (bicyclic) bond motifs is 1. The van der Waals surface area contributed by atoms with Crippen LogP contribution in [0.1, 0.15) is 11.6 Å². The van der Waals surface area contributed by atoms with Crippen LogP contribution in [0.25, 0.3) is 0 Å². The zero-order valence-electron chi connectivity index (χ0n) is 17.7. The largest absolute Gasteiger partial charge is 0.378 e. The summed E-state index contributed by atoms with van der Waals surface area (Å²) in [4.78, 5) is 36.0. The van der Waals surface area contributed by atoms with E-state index in [1.165, 1.54) is 24.3 Å². The van der Waals surface area contributed by atoms with Crippen LogP contribution in [0.4, 0.5) is 21.5 Å². The smallest absolute Gasteiger partial charge is 0.266 e. The number of nitrogens with zero attached hydrogens (tertiary/aromatic N) is 3. The minimum atomic E-state index is -0.953. The van der Waals surface area contributed by atoms with Crippen LogP contribution in [-0.2, 0) is 14.4 Å². The Morgan fingerprint density at radius 3 is 2.09 bits per heavy atom. The summed E-state index contributed by atoms with van der Waals surface area (Å²) in [6.45, 7) is 0. The maximum absolute atomic E-state index is 13.5. The van der Waals surface area contributed by atoms with E-state index in [1.807, 2.05) is 73.6 Å². The van der Waals surface area contributed by atoms with Crippen molar-refractivity contribution in [3.8, 4) is 0 Å². The van der Waals surface area contributed by atoms with E-state index in [0.29, 0.717) is 5.69 Å². The fraction of sp³-hybridized carbons (Fsp3) is 0.200. The number of hydroxylamine groups is 1. The van der Waals surface area contributed by atoms with Crippen molar-refractivity contribution in [2.24, 2.45) is 5.92 Å². The Labute approximate surface area is 185 Å². The van der Waals surface area contributed by atoms with Crippen molar-refractivity contribution >= 4 is 28.9 Å². The quantitative estimate of drug-likeness (QED) is 0.586. The van der Waals surface area contributed by atoms with Gasteiger partial charge in [-0.15, -0.1) is 0 Å². The molecular formula is C25H22FN3O3. The number of anilines is 3. The molecule has 0 spiro atoms. The number of carbonyl (C=O) groups is 2. The van der Waals surface area contributed by atoms with Crippen molar-refractivity contribution in [2.45, 2.75) is 12.1 Å². The highest BCUT2D eigenvalue weighted by Crippen LogP contribution is 2.47. The topological polar surface area (TPSA) is 53.1 Å². The number of imide groups is 1. The van der Waals surface area contributed by atoms with Crippen LogP contribution in [-0.4, -0.2) is 32.0 Å². The fourth-order valence-electron chi connectivity index (χ4n) is 4.37. The van der Waals surface area contributed by atoms with Gasteiger partial charge in [0.25, 0.3) is 5.91 Å². The maximum Gasteiger partial charge on any atom is 0.266 e. The number of halogens is 1. The van der Waals surface area contributed by atoms with Crippen LogP contribution in [0.3, 0.4) is 0 Å². The zero-order chi connectivity index (χ0) is 22.4. The molecule has 3 aromatic carbocycles. The highest BCUT2D eigenvalue weighted by atomic mass is 19.1. The fourth-order valence-corrected chi connectivity index (χ4v) is 4.37. The lowest BCUT2D eigenvalue weighted by Crippen LogP contribution is -2.37. The number of carbonyl (C=O) groups excluding carboxylic acids is 2. The summed E-state index contributed by atoms with van der Waals surface area (Å²) in [5, 5.41) is 1.66. The van der Waals surface area contributed by atoms with E-state index in [-0.39, 0.29) is 5.91 Å². The van der Waals surface area contributed by atoms with Crippen molar-refractivity contribution < 1.29 is 18.8 Å². The molecule has 6 nitrogen and oxygen atoms in total. The molecule has 0 aliphatic carbocycles. The number of amides is 2. The first-order valence-corrected chi connectivity index (χ1v) is 10.4. The molecular weight excluding hydrogens is 409 g/mol. The Morgan fingerprint density at radius 1 is 0.812 bits per heavy atom. The third-order valence-corrected chi connectivity index (χ3v) is 5.96. The molecule has 0 N–H and O–H groups in total. The lowest BCUT2D eigenvalue weighted by atomic mass is 9.90. The lowest BCUT2D eigenvalue weighted by Gasteiger charge is -2.29. The third kappa shape index (κ3) is 3.22. The van der Waals surface area contributed by atoms with Gasteiger partial charge in [0.15, 0.2) is 6.10 Å². The highest BCUT2D eigenvalue weighted by Gasteiger charge is 2.60. The molecule has 3 aromatic rings. The number of hydrogen-bond donors (Lipinski definition) is 0. The summed E-state index contributed by atoms with van der Waals surface area (Å²) in [6.07, 6.45) is -0.953. The predicted molar refractivity (Wildman–Crippen MR) is 120 cm³/mol. The summed E-state index contributed by atoms with van der Waals surface area (Å²) in [5.41, 5.74) is 3.00. The van der Waals surface area contributed by atoms with E-state index < -0.39 is 29.8 Å². The Hall–Kier alpha value is -3.71. The van der Waals surface area contributed by atoms with Crippen molar-refractivity contribution in [3.63, 3.8) is 0 Å². The van der Waals surface area contributed by atoms with Gasteiger partial charge in [0.2, 0.25) is 5.91 Å². The van der Waals surface area contributed by atoms with Crippen molar-refractivity contribution in [1.29, 1.82) is 0 Å². The zero-order valence-corrected chi connectivity index (χ0v) is 17.7. The van der Waals surface area contributed by atoms with Gasteiger partial charge in [0, 0.05) is 19.8 Å². The first-order chi connectivity index (χ1) is 15.5. The number of para-hydroxylation sites is 1. The van der Waals surface area contributed by atoms with Crippen molar-refractivity contribution in [1.82, 2.24) is 0 Å². The molecule has 2 aliphatic heterocycles. The van der Waals surface area contributed by atoms with E-state index in [2.05, 4.69) is 0 Å². The van der Waals surface area contributed by atoms with Crippen LogP contribution in [0, 0.1) is 11.7 Å². The van der Waals surface area contributed by atoms with Gasteiger partial charge >= 0.3 is 0 Å². The summed E-state index contributed by atoms with van der Waals surface area (Å²) < 4.78 is 13.4. The Morgan fingerprint density at radius 2 is 1.47 bits per heavy atom. The van der Waals surface area contributed by atoms with Gasteiger partial charge in [0.1, 0.15) is 11.7 Å². The average molecular weight is 431 g/mol. The second-order valence-corrected chi connectivity index (χ2v) is 8.13. The van der Waals surface area contributed by atoms with Gasteiger partial charge in [0.05, 0.1) is 17.4 Å². The molecule has 5 rings (SSSR count). The number of rotatable bonds is 4. The minimum Gasteiger partial charge on any atom is -0.378 e. The highest BCUT2D eigenvalue weighted by molar-refractivity contribution is 6.23. The molecule has 2 heterocycles. The van der Waals surface area contributed by atoms with Crippen LogP contribution in [0.5, 0.6) is 0 Å². The molecule has 7 heteroatoms. The molecule has 3 atom stereocenters.